The quantitative estimate of drug-likeness (QED) is 0.499. The van der Waals surface area contributed by atoms with Gasteiger partial charge >= 0.3 is 0 Å². The van der Waals surface area contributed by atoms with Gasteiger partial charge in [0, 0.05) is 17.1 Å². The van der Waals surface area contributed by atoms with E-state index < -0.39 is 0 Å². The molecule has 124 valence electrons. The molecule has 0 bridgehead atoms. The average molecular weight is 339 g/mol. The van der Waals surface area contributed by atoms with Crippen LogP contribution in [0.3, 0.4) is 0 Å². The lowest BCUT2D eigenvalue weighted by Gasteiger charge is -2.11. The molecule has 3 aromatic rings. The van der Waals surface area contributed by atoms with Gasteiger partial charge in [-0.3, -0.25) is 0 Å². The maximum atomic E-state index is 14.4. The second-order valence-electron chi connectivity index (χ2n) is 6.16. The number of hydrogen-bond donors (Lipinski definition) is 0. The molecule has 0 aliphatic carbocycles. The Morgan fingerprint density at radius 1 is 1.25 bits per heavy atom. The minimum Gasteiger partial charge on any atom is -0.244 e. The van der Waals surface area contributed by atoms with Crippen LogP contribution < -0.4 is 0 Å². The lowest BCUT2D eigenvalue weighted by atomic mass is 9.96. The average Bonchev–Trinajstić information content (AvgIpc) is 3.06. The summed E-state index contributed by atoms with van der Waals surface area (Å²) in [7, 11) is 0. The minimum atomic E-state index is -0.167. The van der Waals surface area contributed by atoms with Crippen LogP contribution in [-0.4, -0.2) is 4.98 Å². The molecule has 2 aromatic carbocycles. The molecule has 24 heavy (non-hydrogen) atoms. The van der Waals surface area contributed by atoms with Crippen LogP contribution in [-0.2, 0) is 6.42 Å². The van der Waals surface area contributed by atoms with Gasteiger partial charge in [0.1, 0.15) is 10.8 Å². The maximum Gasteiger partial charge on any atom is 0.131 e. The second-order valence-corrected chi connectivity index (χ2v) is 7.19. The van der Waals surface area contributed by atoms with Crippen molar-refractivity contribution in [2.24, 2.45) is 0 Å². The van der Waals surface area contributed by atoms with E-state index in [1.54, 1.807) is 17.4 Å². The van der Waals surface area contributed by atoms with E-state index in [-0.39, 0.29) is 5.82 Å². The first-order valence-corrected chi connectivity index (χ1v) is 9.22. The highest BCUT2D eigenvalue weighted by molar-refractivity contribution is 7.16. The van der Waals surface area contributed by atoms with E-state index in [1.807, 2.05) is 18.3 Å². The van der Waals surface area contributed by atoms with E-state index in [9.17, 15) is 4.39 Å². The van der Waals surface area contributed by atoms with E-state index in [0.717, 1.165) is 51.2 Å². The van der Waals surface area contributed by atoms with Crippen LogP contribution >= 0.6 is 11.3 Å². The van der Waals surface area contributed by atoms with Crippen LogP contribution in [0.25, 0.3) is 26.9 Å². The van der Waals surface area contributed by atoms with Gasteiger partial charge in [0.15, 0.2) is 0 Å². The van der Waals surface area contributed by atoms with Crippen molar-refractivity contribution < 1.29 is 4.39 Å². The van der Waals surface area contributed by atoms with Gasteiger partial charge in [-0.2, -0.15) is 0 Å². The fourth-order valence-electron chi connectivity index (χ4n) is 3.16. The highest BCUT2D eigenvalue weighted by Crippen LogP contribution is 2.35. The number of halogens is 1. The molecule has 0 aliphatic heterocycles. The molecule has 0 saturated heterocycles. The van der Waals surface area contributed by atoms with E-state index in [2.05, 4.69) is 38.4 Å². The summed E-state index contributed by atoms with van der Waals surface area (Å²) in [6.45, 7) is 10.4. The summed E-state index contributed by atoms with van der Waals surface area (Å²) in [5, 5.41) is 2.65. The van der Waals surface area contributed by atoms with Crippen LogP contribution in [0.15, 0.2) is 37.0 Å². The Morgan fingerprint density at radius 2 is 2.04 bits per heavy atom. The lowest BCUT2D eigenvalue weighted by Crippen LogP contribution is -1.91. The number of nitrogens with zero attached hydrogens (tertiary/aromatic N) is 1. The topological polar surface area (TPSA) is 12.9 Å². The second kappa shape index (κ2) is 6.86. The van der Waals surface area contributed by atoms with Crippen molar-refractivity contribution in [1.29, 1.82) is 0 Å². The molecule has 1 nitrogen and oxygen atoms in total. The third-order valence-electron chi connectivity index (χ3n) is 4.38. The number of rotatable bonds is 5. The van der Waals surface area contributed by atoms with Crippen LogP contribution in [0.1, 0.15) is 42.7 Å². The van der Waals surface area contributed by atoms with Crippen molar-refractivity contribution in [1.82, 2.24) is 4.98 Å². The van der Waals surface area contributed by atoms with Gasteiger partial charge in [0.25, 0.3) is 0 Å². The molecular formula is C21H22FNS. The maximum absolute atomic E-state index is 14.4. The Balaban J connectivity index is 2.11. The van der Waals surface area contributed by atoms with Gasteiger partial charge in [-0.05, 0) is 60.1 Å². The molecule has 3 rings (SSSR count). The van der Waals surface area contributed by atoms with E-state index in [1.165, 1.54) is 5.56 Å². The van der Waals surface area contributed by atoms with Gasteiger partial charge in [0.05, 0.1) is 4.88 Å². The molecule has 0 aliphatic rings. The Labute approximate surface area is 146 Å². The Bertz CT molecular complexity index is 908. The molecule has 0 unspecified atom stereocenters. The summed E-state index contributed by atoms with van der Waals surface area (Å²) < 4.78 is 14.4. The summed E-state index contributed by atoms with van der Waals surface area (Å²) in [5.41, 5.74) is 4.39. The van der Waals surface area contributed by atoms with Crippen LogP contribution in [0.4, 0.5) is 4.39 Å². The Hall–Kier alpha value is -2.00. The Morgan fingerprint density at radius 3 is 2.75 bits per heavy atom. The first kappa shape index (κ1) is 16.8. The number of hydrogen-bond acceptors (Lipinski definition) is 2. The van der Waals surface area contributed by atoms with E-state index >= 15 is 0 Å². The standard InChI is InChI=1S/C21H22FNS/c1-5-7-13(3)19-12-23-21(24-19)16-10-14(4)20-15(6-2)8-9-18(22)17(20)11-16/h8-12H,3,5-7H2,1-2,4H3. The van der Waals surface area contributed by atoms with Crippen molar-refractivity contribution in [3.63, 3.8) is 0 Å². The minimum absolute atomic E-state index is 0.167. The molecule has 1 aromatic heterocycles. The van der Waals surface area contributed by atoms with E-state index in [4.69, 9.17) is 0 Å². The molecular weight excluding hydrogens is 317 g/mol. The Kier molecular flexibility index (Phi) is 4.81. The summed E-state index contributed by atoms with van der Waals surface area (Å²) in [6, 6.07) is 7.51. The fourth-order valence-corrected chi connectivity index (χ4v) is 4.06. The van der Waals surface area contributed by atoms with Crippen molar-refractivity contribution in [3.8, 4) is 10.6 Å². The van der Waals surface area contributed by atoms with Crippen molar-refractivity contribution in [3.05, 3.63) is 58.9 Å². The molecule has 1 heterocycles. The highest BCUT2D eigenvalue weighted by Gasteiger charge is 2.13. The summed E-state index contributed by atoms with van der Waals surface area (Å²) in [5.74, 6) is -0.167. The molecule has 0 fully saturated rings. The zero-order valence-electron chi connectivity index (χ0n) is 14.4. The predicted octanol–water partition coefficient (Wildman–Crippen LogP) is 6.79. The van der Waals surface area contributed by atoms with Gasteiger partial charge < -0.3 is 0 Å². The number of aromatic nitrogens is 1. The van der Waals surface area contributed by atoms with Crippen molar-refractivity contribution in [2.75, 3.05) is 0 Å². The molecule has 0 spiro atoms. The number of allylic oxidation sites excluding steroid dienone is 1. The SMILES string of the molecule is C=C(CCC)c1cnc(-c2cc(C)c3c(CC)ccc(F)c3c2)s1. The fraction of sp³-hybridized carbons (Fsp3) is 0.286. The number of fused-ring (bicyclic) bond motifs is 1. The number of benzene rings is 2. The monoisotopic (exact) mass is 339 g/mol. The number of thiazole rings is 1. The lowest BCUT2D eigenvalue weighted by molar-refractivity contribution is 0.639. The summed E-state index contributed by atoms with van der Waals surface area (Å²) >= 11 is 1.63. The predicted molar refractivity (Wildman–Crippen MR) is 103 cm³/mol. The zero-order valence-corrected chi connectivity index (χ0v) is 15.3. The van der Waals surface area contributed by atoms with Crippen LogP contribution in [0.2, 0.25) is 0 Å². The normalized spacial score (nSPS) is 11.2. The van der Waals surface area contributed by atoms with E-state index in [0.29, 0.717) is 5.39 Å². The summed E-state index contributed by atoms with van der Waals surface area (Å²) in [6.07, 6.45) is 4.84. The molecule has 0 amide bonds. The molecule has 0 atom stereocenters. The van der Waals surface area contributed by atoms with Gasteiger partial charge in [-0.25, -0.2) is 9.37 Å². The third kappa shape index (κ3) is 3.01. The number of aryl methyl sites for hydroxylation is 2. The van der Waals surface area contributed by atoms with Gasteiger partial charge in [-0.15, -0.1) is 11.3 Å². The molecule has 3 heteroatoms. The smallest absolute Gasteiger partial charge is 0.131 e. The molecule has 0 saturated carbocycles. The molecule has 0 N–H and O–H groups in total. The first-order valence-electron chi connectivity index (χ1n) is 8.41. The highest BCUT2D eigenvalue weighted by atomic mass is 32.1. The largest absolute Gasteiger partial charge is 0.244 e. The van der Waals surface area contributed by atoms with Crippen molar-refractivity contribution >= 4 is 27.7 Å². The zero-order chi connectivity index (χ0) is 17.3. The van der Waals surface area contributed by atoms with Crippen LogP contribution in [0.5, 0.6) is 0 Å². The van der Waals surface area contributed by atoms with Gasteiger partial charge in [0.2, 0.25) is 0 Å². The van der Waals surface area contributed by atoms with Gasteiger partial charge in [-0.1, -0.05) is 32.9 Å². The first-order chi connectivity index (χ1) is 11.5. The molecule has 0 radical (unpaired) electrons. The summed E-state index contributed by atoms with van der Waals surface area (Å²) in [4.78, 5) is 5.66. The third-order valence-corrected chi connectivity index (χ3v) is 5.53. The van der Waals surface area contributed by atoms with Crippen LogP contribution in [0, 0.1) is 12.7 Å². The van der Waals surface area contributed by atoms with Crippen molar-refractivity contribution in [2.45, 2.75) is 40.0 Å².